The Labute approximate surface area is 119 Å². The van der Waals surface area contributed by atoms with Gasteiger partial charge in [0, 0.05) is 14.2 Å². The molecular formula is C13H16BrNS2. The summed E-state index contributed by atoms with van der Waals surface area (Å²) in [7, 11) is 0. The number of hydrogen-bond donors (Lipinski definition) is 1. The fourth-order valence-corrected chi connectivity index (χ4v) is 4.09. The molecule has 0 bridgehead atoms. The van der Waals surface area contributed by atoms with Gasteiger partial charge in [0.15, 0.2) is 0 Å². The highest BCUT2D eigenvalue weighted by molar-refractivity contribution is 9.10. The predicted molar refractivity (Wildman–Crippen MR) is 81.2 cm³/mol. The maximum absolute atomic E-state index is 3.62. The van der Waals surface area contributed by atoms with Gasteiger partial charge < -0.3 is 5.32 Å². The zero-order chi connectivity index (χ0) is 12.3. The van der Waals surface area contributed by atoms with Gasteiger partial charge >= 0.3 is 0 Å². The molecule has 0 spiro atoms. The van der Waals surface area contributed by atoms with Crippen molar-refractivity contribution in [1.29, 1.82) is 0 Å². The molecule has 1 N–H and O–H groups in total. The average molecular weight is 330 g/mol. The zero-order valence-electron chi connectivity index (χ0n) is 10.00. The van der Waals surface area contributed by atoms with E-state index in [2.05, 4.69) is 58.0 Å². The van der Waals surface area contributed by atoms with E-state index in [1.165, 1.54) is 19.8 Å². The quantitative estimate of drug-likeness (QED) is 0.816. The van der Waals surface area contributed by atoms with Gasteiger partial charge in [-0.1, -0.05) is 6.92 Å². The summed E-state index contributed by atoms with van der Waals surface area (Å²) in [6, 6.07) is 4.79. The van der Waals surface area contributed by atoms with Crippen LogP contribution < -0.4 is 5.32 Å². The molecule has 0 aliphatic heterocycles. The van der Waals surface area contributed by atoms with Crippen LogP contribution in [0.4, 0.5) is 0 Å². The summed E-state index contributed by atoms with van der Waals surface area (Å²) in [5, 5.41) is 8.00. The van der Waals surface area contributed by atoms with Crippen LogP contribution in [-0.4, -0.2) is 6.54 Å². The first-order valence-corrected chi connectivity index (χ1v) is 8.29. The maximum Gasteiger partial charge on any atom is 0.0679 e. The van der Waals surface area contributed by atoms with E-state index in [9.17, 15) is 0 Å². The molecule has 92 valence electrons. The van der Waals surface area contributed by atoms with Crippen molar-refractivity contribution in [3.63, 3.8) is 0 Å². The minimum Gasteiger partial charge on any atom is -0.306 e. The smallest absolute Gasteiger partial charge is 0.0679 e. The second-order valence-electron chi connectivity index (χ2n) is 4.00. The second-order valence-corrected chi connectivity index (χ2v) is 6.92. The lowest BCUT2D eigenvalue weighted by atomic mass is 10.1. The van der Waals surface area contributed by atoms with Crippen LogP contribution in [0.5, 0.6) is 0 Å². The van der Waals surface area contributed by atoms with Gasteiger partial charge in [0.05, 0.1) is 6.04 Å². The third-order valence-electron chi connectivity index (χ3n) is 2.64. The Kier molecular flexibility index (Phi) is 4.79. The fourth-order valence-electron chi connectivity index (χ4n) is 1.73. The molecule has 4 heteroatoms. The van der Waals surface area contributed by atoms with Crippen molar-refractivity contribution in [2.75, 3.05) is 6.54 Å². The Morgan fingerprint density at radius 1 is 1.47 bits per heavy atom. The first-order chi connectivity index (χ1) is 8.22. The number of hydrogen-bond acceptors (Lipinski definition) is 3. The Morgan fingerprint density at radius 2 is 2.29 bits per heavy atom. The van der Waals surface area contributed by atoms with E-state index >= 15 is 0 Å². The van der Waals surface area contributed by atoms with Gasteiger partial charge in [-0.25, -0.2) is 0 Å². The van der Waals surface area contributed by atoms with Gasteiger partial charge in [0.2, 0.25) is 0 Å². The topological polar surface area (TPSA) is 12.0 Å². The summed E-state index contributed by atoms with van der Waals surface area (Å²) < 4.78 is 1.22. The molecule has 2 heterocycles. The van der Waals surface area contributed by atoms with Crippen molar-refractivity contribution >= 4 is 38.6 Å². The van der Waals surface area contributed by atoms with E-state index in [4.69, 9.17) is 0 Å². The monoisotopic (exact) mass is 329 g/mol. The van der Waals surface area contributed by atoms with Crippen LogP contribution in [0.2, 0.25) is 0 Å². The molecule has 0 saturated heterocycles. The normalized spacial score (nSPS) is 12.9. The third kappa shape index (κ3) is 3.19. The first kappa shape index (κ1) is 13.3. The van der Waals surface area contributed by atoms with Gasteiger partial charge in [0.25, 0.3) is 0 Å². The lowest BCUT2D eigenvalue weighted by molar-refractivity contribution is 0.607. The number of halogens is 1. The van der Waals surface area contributed by atoms with Crippen LogP contribution in [-0.2, 0) is 0 Å². The van der Waals surface area contributed by atoms with Crippen LogP contribution in [0.3, 0.4) is 0 Å². The molecule has 0 aliphatic rings. The molecule has 0 aromatic carbocycles. The van der Waals surface area contributed by atoms with Crippen molar-refractivity contribution in [3.8, 4) is 0 Å². The van der Waals surface area contributed by atoms with E-state index in [-0.39, 0.29) is 0 Å². The Hall–Kier alpha value is -0.160. The molecule has 1 unspecified atom stereocenters. The van der Waals surface area contributed by atoms with Crippen molar-refractivity contribution < 1.29 is 0 Å². The summed E-state index contributed by atoms with van der Waals surface area (Å²) in [6.07, 6.45) is 1.16. The van der Waals surface area contributed by atoms with Crippen LogP contribution >= 0.6 is 38.6 Å². The van der Waals surface area contributed by atoms with Crippen molar-refractivity contribution in [2.45, 2.75) is 26.3 Å². The molecule has 0 fully saturated rings. The highest BCUT2D eigenvalue weighted by atomic mass is 79.9. The molecule has 0 amide bonds. The molecular weight excluding hydrogens is 314 g/mol. The number of thiophene rings is 2. The predicted octanol–water partition coefficient (Wildman–Crippen LogP) is 4.97. The lowest BCUT2D eigenvalue weighted by Crippen LogP contribution is -2.21. The minimum absolute atomic E-state index is 0.344. The molecule has 0 saturated carbocycles. The summed E-state index contributed by atoms with van der Waals surface area (Å²) in [5.41, 5.74) is 1.37. The van der Waals surface area contributed by atoms with E-state index in [0.717, 1.165) is 13.0 Å². The van der Waals surface area contributed by atoms with Gasteiger partial charge in [-0.3, -0.25) is 0 Å². The molecule has 1 nitrogen and oxygen atoms in total. The van der Waals surface area contributed by atoms with Gasteiger partial charge in [-0.2, -0.15) is 11.3 Å². The van der Waals surface area contributed by atoms with E-state index in [1.807, 2.05) is 11.3 Å². The van der Waals surface area contributed by atoms with Crippen molar-refractivity contribution in [1.82, 2.24) is 5.32 Å². The van der Waals surface area contributed by atoms with Crippen LogP contribution in [0.1, 0.15) is 34.7 Å². The molecule has 2 aromatic rings. The van der Waals surface area contributed by atoms with Crippen molar-refractivity contribution in [3.05, 3.63) is 42.7 Å². The number of rotatable bonds is 5. The maximum atomic E-state index is 3.62. The summed E-state index contributed by atoms with van der Waals surface area (Å²) in [4.78, 5) is 2.74. The molecule has 0 radical (unpaired) electrons. The van der Waals surface area contributed by atoms with Gasteiger partial charge in [-0.05, 0) is 64.3 Å². The number of aryl methyl sites for hydroxylation is 1. The minimum atomic E-state index is 0.344. The summed E-state index contributed by atoms with van der Waals surface area (Å²) in [6.45, 7) is 5.41. The number of nitrogens with one attached hydrogen (secondary N) is 1. The molecule has 1 atom stereocenters. The largest absolute Gasteiger partial charge is 0.306 e. The molecule has 2 rings (SSSR count). The Morgan fingerprint density at radius 3 is 2.82 bits per heavy atom. The highest BCUT2D eigenvalue weighted by Gasteiger charge is 2.16. The van der Waals surface area contributed by atoms with Gasteiger partial charge in [-0.15, -0.1) is 11.3 Å². The van der Waals surface area contributed by atoms with E-state index in [0.29, 0.717) is 6.04 Å². The molecule has 2 aromatic heterocycles. The SMILES string of the molecule is CCCNC(c1ccsc1)c1cc(Br)c(C)s1. The highest BCUT2D eigenvalue weighted by Crippen LogP contribution is 2.34. The summed E-state index contributed by atoms with van der Waals surface area (Å²) >= 11 is 7.23. The Bertz CT molecular complexity index is 442. The molecule has 17 heavy (non-hydrogen) atoms. The average Bonchev–Trinajstić information content (AvgIpc) is 2.92. The fraction of sp³-hybridized carbons (Fsp3) is 0.385. The van der Waals surface area contributed by atoms with E-state index in [1.54, 1.807) is 11.3 Å². The third-order valence-corrected chi connectivity index (χ3v) is 5.54. The van der Waals surface area contributed by atoms with Gasteiger partial charge in [0.1, 0.15) is 0 Å². The van der Waals surface area contributed by atoms with Crippen molar-refractivity contribution in [2.24, 2.45) is 0 Å². The van der Waals surface area contributed by atoms with Crippen LogP contribution in [0.15, 0.2) is 27.4 Å². The Balaban J connectivity index is 2.26. The van der Waals surface area contributed by atoms with Crippen LogP contribution in [0.25, 0.3) is 0 Å². The second kappa shape index (κ2) is 6.14. The first-order valence-electron chi connectivity index (χ1n) is 5.73. The zero-order valence-corrected chi connectivity index (χ0v) is 13.2. The molecule has 0 aliphatic carbocycles. The van der Waals surface area contributed by atoms with E-state index < -0.39 is 0 Å². The lowest BCUT2D eigenvalue weighted by Gasteiger charge is -2.15. The summed E-state index contributed by atoms with van der Waals surface area (Å²) in [5.74, 6) is 0. The van der Waals surface area contributed by atoms with Crippen LogP contribution in [0, 0.1) is 6.92 Å². The standard InChI is InChI=1S/C13H16BrNS2/c1-3-5-15-13(10-4-6-16-8-10)12-7-11(14)9(2)17-12/h4,6-8,13,15H,3,5H2,1-2H3.